The Morgan fingerprint density at radius 1 is 1.35 bits per heavy atom. The number of fused-ring (bicyclic) bond motifs is 1. The van der Waals surface area contributed by atoms with Crippen LogP contribution in [0.2, 0.25) is 0 Å². The van der Waals surface area contributed by atoms with E-state index < -0.39 is 5.41 Å². The Morgan fingerprint density at radius 3 is 2.81 bits per heavy atom. The zero-order valence-electron chi connectivity index (χ0n) is 15.1. The molecule has 0 N–H and O–H groups in total. The first-order valence-electron chi connectivity index (χ1n) is 9.19. The summed E-state index contributed by atoms with van der Waals surface area (Å²) in [7, 11) is 0. The van der Waals surface area contributed by atoms with Gasteiger partial charge in [0.25, 0.3) is 0 Å². The Kier molecular flexibility index (Phi) is 4.42. The first-order valence-corrected chi connectivity index (χ1v) is 10.3. The number of amides is 1. The summed E-state index contributed by atoms with van der Waals surface area (Å²) in [6.07, 6.45) is 5.94. The quantitative estimate of drug-likeness (QED) is 0.472. The summed E-state index contributed by atoms with van der Waals surface area (Å²) in [5, 5.41) is 10.6. The molecule has 4 rings (SSSR count). The van der Waals surface area contributed by atoms with Gasteiger partial charge in [0, 0.05) is 15.2 Å². The molecule has 2 fully saturated rings. The average Bonchev–Trinajstić information content (AvgIpc) is 3.46. The van der Waals surface area contributed by atoms with Gasteiger partial charge < -0.3 is 4.90 Å². The molecule has 1 aliphatic heterocycles. The first kappa shape index (κ1) is 17.7. The highest BCUT2D eigenvalue weighted by Gasteiger charge is 2.51. The monoisotopic (exact) mass is 459 g/mol. The second-order valence-corrected chi connectivity index (χ2v) is 9.39. The van der Waals surface area contributed by atoms with Crippen molar-refractivity contribution in [2.45, 2.75) is 45.6 Å². The Labute approximate surface area is 167 Å². The molecule has 0 spiro atoms. The predicted octanol–water partition coefficient (Wildman–Crippen LogP) is 4.91. The topological polar surface area (TPSA) is 57.0 Å². The number of carbonyl (C=O) groups is 1. The first-order chi connectivity index (χ1) is 12.4. The molecule has 1 aliphatic carbocycles. The van der Waals surface area contributed by atoms with Crippen LogP contribution in [-0.4, -0.2) is 16.9 Å². The van der Waals surface area contributed by atoms with Crippen molar-refractivity contribution in [3.05, 3.63) is 34.0 Å². The molecule has 1 saturated heterocycles. The summed E-state index contributed by atoms with van der Waals surface area (Å²) in [5.74, 6) is 0.947. The summed E-state index contributed by atoms with van der Waals surface area (Å²) >= 11 is 2.31. The number of benzene rings is 1. The largest absolute Gasteiger partial charge is 0.306 e. The van der Waals surface area contributed by atoms with E-state index in [1.165, 1.54) is 12.8 Å². The van der Waals surface area contributed by atoms with Gasteiger partial charge in [-0.3, -0.25) is 9.78 Å². The summed E-state index contributed by atoms with van der Waals surface area (Å²) in [6.45, 7) is 3.93. The number of β-lactam (4-membered cyclic amide) rings is 1. The highest BCUT2D eigenvalue weighted by atomic mass is 127. The third-order valence-electron chi connectivity index (χ3n) is 5.61. The lowest BCUT2D eigenvalue weighted by atomic mass is 9.74. The second kappa shape index (κ2) is 6.49. The molecule has 1 amide bonds. The van der Waals surface area contributed by atoms with Crippen LogP contribution in [0.25, 0.3) is 10.9 Å². The van der Waals surface area contributed by atoms with Crippen LogP contribution in [0.4, 0.5) is 5.69 Å². The molecule has 4 nitrogen and oxygen atoms in total. The fourth-order valence-corrected chi connectivity index (χ4v) is 4.61. The van der Waals surface area contributed by atoms with Crippen LogP contribution in [0.15, 0.2) is 30.5 Å². The number of halogens is 1. The number of pyridine rings is 1. The van der Waals surface area contributed by atoms with Crippen molar-refractivity contribution in [2.75, 3.05) is 4.90 Å². The average molecular weight is 459 g/mol. The summed E-state index contributed by atoms with van der Waals surface area (Å²) in [4.78, 5) is 19.5. The minimum atomic E-state index is -0.447. The van der Waals surface area contributed by atoms with Gasteiger partial charge in [-0.2, -0.15) is 5.26 Å². The van der Waals surface area contributed by atoms with Crippen LogP contribution in [0.5, 0.6) is 0 Å². The molecule has 2 unspecified atom stereocenters. The standard InChI is InChI=1S/C21H22IN3O/c1-21(2,12-23)11-18-15(10-13-5-6-13)20(26)25(18)17-8-7-16(22)14-4-3-9-24-19(14)17/h3-4,7-9,13,15,18H,5-6,10-11H2,1-2H3. The number of rotatable bonds is 5. The third-order valence-corrected chi connectivity index (χ3v) is 6.55. The lowest BCUT2D eigenvalue weighted by Gasteiger charge is -2.49. The van der Waals surface area contributed by atoms with Gasteiger partial charge >= 0.3 is 0 Å². The third kappa shape index (κ3) is 3.09. The summed E-state index contributed by atoms with van der Waals surface area (Å²) < 4.78 is 1.13. The molecule has 134 valence electrons. The van der Waals surface area contributed by atoms with Gasteiger partial charge in [-0.05, 0) is 73.4 Å². The molecule has 2 atom stereocenters. The van der Waals surface area contributed by atoms with Crippen molar-refractivity contribution in [1.82, 2.24) is 4.98 Å². The van der Waals surface area contributed by atoms with Gasteiger partial charge in [-0.25, -0.2) is 0 Å². The van der Waals surface area contributed by atoms with Crippen LogP contribution in [0.3, 0.4) is 0 Å². The Balaban J connectivity index is 1.73. The number of carbonyl (C=O) groups excluding carboxylic acids is 1. The molecular formula is C21H22IN3O. The van der Waals surface area contributed by atoms with E-state index in [1.54, 1.807) is 6.20 Å². The zero-order valence-corrected chi connectivity index (χ0v) is 17.2. The maximum absolute atomic E-state index is 13.1. The lowest BCUT2D eigenvalue weighted by Crippen LogP contribution is -2.62. The van der Waals surface area contributed by atoms with Gasteiger partial charge in [0.15, 0.2) is 0 Å². The number of aromatic nitrogens is 1. The van der Waals surface area contributed by atoms with Crippen molar-refractivity contribution in [2.24, 2.45) is 17.3 Å². The minimum absolute atomic E-state index is 0.0492. The van der Waals surface area contributed by atoms with Crippen molar-refractivity contribution in [3.8, 4) is 6.07 Å². The number of anilines is 1. The molecule has 0 bridgehead atoms. The van der Waals surface area contributed by atoms with E-state index in [1.807, 2.05) is 43.0 Å². The fourth-order valence-electron chi connectivity index (χ4n) is 3.99. The number of nitrogens with zero attached hydrogens (tertiary/aromatic N) is 3. The minimum Gasteiger partial charge on any atom is -0.306 e. The zero-order chi connectivity index (χ0) is 18.5. The second-order valence-electron chi connectivity index (χ2n) is 8.23. The highest BCUT2D eigenvalue weighted by Crippen LogP contribution is 2.47. The van der Waals surface area contributed by atoms with Crippen LogP contribution < -0.4 is 4.90 Å². The molecule has 2 aromatic rings. The number of nitriles is 1. The molecule has 1 aromatic heterocycles. The van der Waals surface area contributed by atoms with E-state index in [9.17, 15) is 10.1 Å². The maximum Gasteiger partial charge on any atom is 0.232 e. The Hall–Kier alpha value is -1.68. The van der Waals surface area contributed by atoms with Crippen molar-refractivity contribution in [3.63, 3.8) is 0 Å². The molecule has 1 saturated carbocycles. The maximum atomic E-state index is 13.1. The van der Waals surface area contributed by atoms with E-state index in [0.717, 1.165) is 26.6 Å². The van der Waals surface area contributed by atoms with Gasteiger partial charge in [0.1, 0.15) is 0 Å². The van der Waals surface area contributed by atoms with Crippen LogP contribution in [0.1, 0.15) is 39.5 Å². The van der Waals surface area contributed by atoms with E-state index >= 15 is 0 Å². The predicted molar refractivity (Wildman–Crippen MR) is 111 cm³/mol. The van der Waals surface area contributed by atoms with Gasteiger partial charge in [0.2, 0.25) is 5.91 Å². The van der Waals surface area contributed by atoms with E-state index in [0.29, 0.717) is 12.3 Å². The summed E-state index contributed by atoms with van der Waals surface area (Å²) in [6, 6.07) is 10.5. The normalized spacial score (nSPS) is 23.0. The van der Waals surface area contributed by atoms with Crippen LogP contribution in [-0.2, 0) is 4.79 Å². The summed E-state index contributed by atoms with van der Waals surface area (Å²) in [5.41, 5.74) is 1.31. The van der Waals surface area contributed by atoms with Gasteiger partial charge in [0.05, 0.1) is 34.6 Å². The van der Waals surface area contributed by atoms with E-state index in [-0.39, 0.29) is 17.9 Å². The molecule has 2 heterocycles. The Morgan fingerprint density at radius 2 is 2.12 bits per heavy atom. The lowest BCUT2D eigenvalue weighted by molar-refractivity contribution is -0.131. The van der Waals surface area contributed by atoms with Crippen molar-refractivity contribution < 1.29 is 4.79 Å². The van der Waals surface area contributed by atoms with Gasteiger partial charge in [-0.15, -0.1) is 0 Å². The Bertz CT molecular complexity index is 913. The molecule has 1 aromatic carbocycles. The van der Waals surface area contributed by atoms with Gasteiger partial charge in [-0.1, -0.05) is 18.9 Å². The van der Waals surface area contributed by atoms with Crippen molar-refractivity contribution >= 4 is 45.1 Å². The molecule has 2 aliphatic rings. The molecular weight excluding hydrogens is 437 g/mol. The number of hydrogen-bond donors (Lipinski definition) is 0. The highest BCUT2D eigenvalue weighted by molar-refractivity contribution is 14.1. The fraction of sp³-hybridized carbons (Fsp3) is 0.476. The van der Waals surface area contributed by atoms with E-state index in [4.69, 9.17) is 0 Å². The smallest absolute Gasteiger partial charge is 0.232 e. The molecule has 0 radical (unpaired) electrons. The molecule has 26 heavy (non-hydrogen) atoms. The van der Waals surface area contributed by atoms with Crippen molar-refractivity contribution in [1.29, 1.82) is 5.26 Å². The number of hydrogen-bond acceptors (Lipinski definition) is 3. The van der Waals surface area contributed by atoms with Crippen LogP contribution in [0, 0.1) is 32.2 Å². The SMILES string of the molecule is CC(C)(C#N)CC1C(CC2CC2)C(=O)N1c1ccc(I)c2cccnc12. The van der Waals surface area contributed by atoms with Crippen LogP contribution >= 0.6 is 22.6 Å². The molecule has 5 heteroatoms. The van der Waals surface area contributed by atoms with E-state index in [2.05, 4.69) is 33.6 Å².